The van der Waals surface area contributed by atoms with Crippen LogP contribution in [-0.2, 0) is 10.8 Å². The summed E-state index contributed by atoms with van der Waals surface area (Å²) in [5, 5.41) is 0. The molecule has 0 amide bonds. The largest absolute Gasteiger partial charge is 0.457 e. The van der Waals surface area contributed by atoms with Crippen molar-refractivity contribution in [3.05, 3.63) is 285 Å². The van der Waals surface area contributed by atoms with E-state index < -0.39 is 28.9 Å². The van der Waals surface area contributed by atoms with Gasteiger partial charge in [-0.15, -0.1) is 0 Å². The molecule has 0 unspecified atom stereocenters. The van der Waals surface area contributed by atoms with E-state index in [1.807, 2.05) is 72.8 Å². The van der Waals surface area contributed by atoms with Gasteiger partial charge in [-0.05, 0) is 122 Å². The molecule has 9 aromatic carbocycles. The minimum absolute atomic E-state index is 0.271. The highest BCUT2D eigenvalue weighted by atomic mass is 19.4. The predicted molar refractivity (Wildman–Crippen MR) is 277 cm³/mol. The Morgan fingerprint density at radius 1 is 0.306 bits per heavy atom. The molecule has 0 atom stereocenters. The summed E-state index contributed by atoms with van der Waals surface area (Å²) >= 11 is 0. The van der Waals surface area contributed by atoms with Gasteiger partial charge in [-0.25, -0.2) is 0 Å². The molecule has 0 fully saturated rings. The normalized spacial score (nSPS) is 12.6. The fourth-order valence-corrected chi connectivity index (χ4v) is 9.38. The summed E-state index contributed by atoms with van der Waals surface area (Å²) in [5.41, 5.74) is 8.26. The molecule has 0 aromatic heterocycles. The van der Waals surface area contributed by atoms with E-state index in [4.69, 9.17) is 9.47 Å². The van der Waals surface area contributed by atoms with Gasteiger partial charge in [0.25, 0.3) is 0 Å². The first-order chi connectivity index (χ1) is 34.4. The Morgan fingerprint density at radius 2 is 0.667 bits per heavy atom. The molecule has 0 spiro atoms. The highest BCUT2D eigenvalue weighted by Crippen LogP contribution is 2.57. The topological polar surface area (TPSA) is 18.5 Å². The first kappa shape index (κ1) is 50.5. The van der Waals surface area contributed by atoms with Crippen molar-refractivity contribution >= 4 is 0 Å². The summed E-state index contributed by atoms with van der Waals surface area (Å²) in [5.74, 6) is 3.15. The molecule has 0 saturated carbocycles. The molecular formula is C64H54F6O2. The van der Waals surface area contributed by atoms with Gasteiger partial charge in [0.1, 0.15) is 23.0 Å². The molecule has 0 heterocycles. The molecule has 1 aliphatic carbocycles. The standard InChI is InChI=1S/C27H22.C20H18O2.C17H14F6/c1-19-14-16-21(17-15-19)27(22-9-7-8-20(2)18-22)25-12-5-3-10-23(25)24-11-4-6-13-26(24)27;1-15-6-10-17(11-7-15)21-19-4-3-5-20(14-19)22-18-12-8-16(2)9-13-18;1-11-3-7-13(8-4-11)15(16(18,19)20,17(21,22)23)14-9-5-12(2)6-10-14/h3-18H,1-2H3;3-14H,1-2H3;3-10H,1-2H3. The van der Waals surface area contributed by atoms with Crippen molar-refractivity contribution < 1.29 is 35.8 Å². The molecular weight excluding hydrogens is 915 g/mol. The van der Waals surface area contributed by atoms with Gasteiger partial charge in [-0.2, -0.15) is 26.3 Å². The Bertz CT molecular complexity index is 3070. The maximum absolute atomic E-state index is 13.7. The van der Waals surface area contributed by atoms with E-state index in [1.165, 1.54) is 79.9 Å². The van der Waals surface area contributed by atoms with Crippen molar-refractivity contribution in [2.24, 2.45) is 0 Å². The van der Waals surface area contributed by atoms with Crippen LogP contribution < -0.4 is 9.47 Å². The van der Waals surface area contributed by atoms with Gasteiger partial charge in [0.15, 0.2) is 0 Å². The molecule has 364 valence electrons. The van der Waals surface area contributed by atoms with E-state index in [1.54, 1.807) is 13.8 Å². The number of hydrogen-bond donors (Lipinski definition) is 0. The van der Waals surface area contributed by atoms with Crippen LogP contribution in [0.1, 0.15) is 66.8 Å². The van der Waals surface area contributed by atoms with Gasteiger partial charge in [0.2, 0.25) is 5.41 Å². The number of alkyl halides is 6. The predicted octanol–water partition coefficient (Wildman–Crippen LogP) is 18.3. The van der Waals surface area contributed by atoms with Crippen LogP contribution in [0.3, 0.4) is 0 Å². The Balaban J connectivity index is 0.000000146. The summed E-state index contributed by atoms with van der Waals surface area (Å²) in [6.45, 7) is 11.6. The van der Waals surface area contributed by atoms with Crippen LogP contribution in [0.25, 0.3) is 11.1 Å². The second-order valence-electron chi connectivity index (χ2n) is 18.4. The first-order valence-electron chi connectivity index (χ1n) is 23.6. The zero-order valence-corrected chi connectivity index (χ0v) is 40.9. The van der Waals surface area contributed by atoms with Crippen LogP contribution in [0.15, 0.2) is 218 Å². The lowest BCUT2D eigenvalue weighted by molar-refractivity contribution is -0.288. The lowest BCUT2D eigenvalue weighted by Crippen LogP contribution is -2.54. The lowest BCUT2D eigenvalue weighted by atomic mass is 9.67. The number of fused-ring (bicyclic) bond motifs is 3. The molecule has 9 aromatic rings. The van der Waals surface area contributed by atoms with E-state index in [0.29, 0.717) is 11.1 Å². The molecule has 2 nitrogen and oxygen atoms in total. The third kappa shape index (κ3) is 10.3. The minimum Gasteiger partial charge on any atom is -0.457 e. The number of hydrogen-bond acceptors (Lipinski definition) is 2. The van der Waals surface area contributed by atoms with Gasteiger partial charge >= 0.3 is 12.4 Å². The fraction of sp³-hybridized carbons (Fsp3) is 0.156. The van der Waals surface area contributed by atoms with Crippen LogP contribution in [0.4, 0.5) is 26.3 Å². The van der Waals surface area contributed by atoms with Gasteiger partial charge in [0.05, 0.1) is 5.41 Å². The van der Waals surface area contributed by atoms with Crippen molar-refractivity contribution in [2.45, 2.75) is 64.7 Å². The Morgan fingerprint density at radius 3 is 1.06 bits per heavy atom. The lowest BCUT2D eigenvalue weighted by Gasteiger charge is -2.38. The minimum atomic E-state index is -5.53. The summed E-state index contributed by atoms with van der Waals surface area (Å²) < 4.78 is 94.0. The van der Waals surface area contributed by atoms with E-state index in [0.717, 1.165) is 47.3 Å². The zero-order chi connectivity index (χ0) is 51.3. The van der Waals surface area contributed by atoms with E-state index in [-0.39, 0.29) is 5.41 Å². The Labute approximate surface area is 418 Å². The number of benzene rings is 9. The monoisotopic (exact) mass is 968 g/mol. The average Bonchev–Trinajstić information content (AvgIpc) is 3.65. The van der Waals surface area contributed by atoms with Crippen molar-refractivity contribution in [1.82, 2.24) is 0 Å². The summed E-state index contributed by atoms with van der Waals surface area (Å²) in [7, 11) is 0. The molecule has 0 bridgehead atoms. The highest BCUT2D eigenvalue weighted by molar-refractivity contribution is 5.86. The van der Waals surface area contributed by atoms with Gasteiger partial charge in [-0.1, -0.05) is 209 Å². The number of ether oxygens (including phenoxy) is 2. The zero-order valence-electron chi connectivity index (χ0n) is 40.9. The first-order valence-corrected chi connectivity index (χ1v) is 23.6. The van der Waals surface area contributed by atoms with E-state index in [2.05, 4.69) is 125 Å². The Hall–Kier alpha value is -7.84. The highest BCUT2D eigenvalue weighted by Gasteiger charge is 2.72. The molecule has 0 aliphatic heterocycles. The SMILES string of the molecule is Cc1ccc(C(c2ccc(C)cc2)(C(F)(F)F)C(F)(F)F)cc1.Cc1ccc(C2(c3cccc(C)c3)c3ccccc3-c3ccccc32)cc1.Cc1ccc(Oc2cccc(Oc3ccc(C)cc3)c2)cc1. The van der Waals surface area contributed by atoms with Gasteiger partial charge in [-0.3, -0.25) is 0 Å². The second kappa shape index (κ2) is 20.9. The van der Waals surface area contributed by atoms with Crippen molar-refractivity contribution in [3.63, 3.8) is 0 Å². The van der Waals surface area contributed by atoms with Crippen LogP contribution in [-0.4, -0.2) is 12.4 Å². The maximum Gasteiger partial charge on any atom is 0.411 e. The van der Waals surface area contributed by atoms with Crippen molar-refractivity contribution in [3.8, 4) is 34.1 Å². The molecule has 8 heteroatoms. The summed E-state index contributed by atoms with van der Waals surface area (Å²) in [4.78, 5) is 0. The smallest absolute Gasteiger partial charge is 0.411 e. The third-order valence-electron chi connectivity index (χ3n) is 13.0. The quantitative estimate of drug-likeness (QED) is 0.141. The third-order valence-corrected chi connectivity index (χ3v) is 13.0. The van der Waals surface area contributed by atoms with Crippen LogP contribution in [0.5, 0.6) is 23.0 Å². The van der Waals surface area contributed by atoms with Crippen molar-refractivity contribution in [2.75, 3.05) is 0 Å². The Kier molecular flexibility index (Phi) is 14.6. The number of halogens is 6. The molecule has 72 heavy (non-hydrogen) atoms. The van der Waals surface area contributed by atoms with Crippen molar-refractivity contribution in [1.29, 1.82) is 0 Å². The second-order valence-corrected chi connectivity index (χ2v) is 18.4. The fourth-order valence-electron chi connectivity index (χ4n) is 9.38. The molecule has 10 rings (SSSR count). The molecule has 0 saturated heterocycles. The average molecular weight is 969 g/mol. The molecule has 1 aliphatic rings. The van der Waals surface area contributed by atoms with E-state index >= 15 is 0 Å². The van der Waals surface area contributed by atoms with Gasteiger partial charge in [0, 0.05) is 6.07 Å². The van der Waals surface area contributed by atoms with Gasteiger partial charge < -0.3 is 9.47 Å². The van der Waals surface area contributed by atoms with Crippen LogP contribution in [0.2, 0.25) is 0 Å². The summed E-state index contributed by atoms with van der Waals surface area (Å²) in [6.07, 6.45) is -11.1. The molecule has 0 radical (unpaired) electrons. The van der Waals surface area contributed by atoms with Crippen LogP contribution >= 0.6 is 0 Å². The molecule has 0 N–H and O–H groups in total. The summed E-state index contributed by atoms with van der Waals surface area (Å²) in [6, 6.07) is 68.0. The van der Waals surface area contributed by atoms with Crippen LogP contribution in [0, 0.1) is 41.5 Å². The number of rotatable bonds is 8. The van der Waals surface area contributed by atoms with E-state index in [9.17, 15) is 26.3 Å². The number of aryl methyl sites for hydroxylation is 6. The maximum atomic E-state index is 13.7.